The average molecular weight is 250 g/mol. The Morgan fingerprint density at radius 1 is 1.28 bits per heavy atom. The van der Waals surface area contributed by atoms with Gasteiger partial charge >= 0.3 is 11.9 Å². The molecule has 18 heavy (non-hydrogen) atoms. The Morgan fingerprint density at radius 3 is 2.39 bits per heavy atom. The molecule has 96 valence electrons. The number of aliphatic carboxylic acids is 1. The molecule has 0 aromatic heterocycles. The van der Waals surface area contributed by atoms with Gasteiger partial charge in [-0.25, -0.2) is 4.79 Å². The number of aromatic hydroxyl groups is 1. The Labute approximate surface area is 104 Å². The van der Waals surface area contributed by atoms with Crippen LogP contribution in [0, 0.1) is 0 Å². The number of ether oxygens (including phenoxy) is 1. The molecular weight excluding hydrogens is 236 g/mol. The van der Waals surface area contributed by atoms with E-state index in [9.17, 15) is 9.59 Å². The van der Waals surface area contributed by atoms with Crippen LogP contribution in [0.1, 0.15) is 18.9 Å². The molecule has 1 aromatic carbocycles. The summed E-state index contributed by atoms with van der Waals surface area (Å²) in [5, 5.41) is 17.9. The molecule has 1 aromatic rings. The van der Waals surface area contributed by atoms with Crippen LogP contribution in [0.15, 0.2) is 30.3 Å². The molecule has 0 fully saturated rings. The molecule has 0 aliphatic rings. The van der Waals surface area contributed by atoms with E-state index in [4.69, 9.17) is 14.9 Å². The van der Waals surface area contributed by atoms with Crippen molar-refractivity contribution in [2.24, 2.45) is 0 Å². The van der Waals surface area contributed by atoms with Gasteiger partial charge in [-0.15, -0.1) is 0 Å². The number of carboxylic acid groups (broad SMARTS) is 1. The highest BCUT2D eigenvalue weighted by atomic mass is 16.5. The number of carbonyl (C=O) groups is 2. The predicted molar refractivity (Wildman–Crippen MR) is 65.0 cm³/mol. The Kier molecular flexibility index (Phi) is 4.92. The molecule has 1 rings (SSSR count). The summed E-state index contributed by atoms with van der Waals surface area (Å²) in [4.78, 5) is 22.1. The minimum absolute atomic E-state index is 0.0737. The standard InChI is InChI=1S/C13H14O5/c1-2-18-13(17)8-10(7-12(15)16)9-3-5-11(14)6-4-9/h3-7,14H,2,8H2,1H3,(H,15,16)/b10-7+. The van der Waals surface area contributed by atoms with Crippen LogP contribution in [0.5, 0.6) is 5.75 Å². The van der Waals surface area contributed by atoms with Crippen LogP contribution >= 0.6 is 0 Å². The number of hydrogen-bond acceptors (Lipinski definition) is 4. The van der Waals surface area contributed by atoms with Gasteiger partial charge in [-0.3, -0.25) is 4.79 Å². The number of phenols is 1. The van der Waals surface area contributed by atoms with Gasteiger partial charge in [0.1, 0.15) is 5.75 Å². The van der Waals surface area contributed by atoms with Gasteiger partial charge in [0.05, 0.1) is 13.0 Å². The number of rotatable bonds is 5. The first-order valence-electron chi connectivity index (χ1n) is 5.41. The average Bonchev–Trinajstić information content (AvgIpc) is 2.28. The molecule has 0 radical (unpaired) electrons. The van der Waals surface area contributed by atoms with E-state index in [-0.39, 0.29) is 18.8 Å². The maximum absolute atomic E-state index is 11.4. The van der Waals surface area contributed by atoms with Crippen LogP contribution < -0.4 is 0 Å². The fraction of sp³-hybridized carbons (Fsp3) is 0.231. The Morgan fingerprint density at radius 2 is 1.89 bits per heavy atom. The van der Waals surface area contributed by atoms with Crippen molar-refractivity contribution in [1.82, 2.24) is 0 Å². The number of hydrogen-bond donors (Lipinski definition) is 2. The maximum atomic E-state index is 11.4. The van der Waals surface area contributed by atoms with E-state index in [1.807, 2.05) is 0 Å². The van der Waals surface area contributed by atoms with E-state index in [1.165, 1.54) is 12.1 Å². The third-order valence-corrected chi connectivity index (χ3v) is 2.18. The lowest BCUT2D eigenvalue weighted by Crippen LogP contribution is -2.06. The smallest absolute Gasteiger partial charge is 0.328 e. The summed E-state index contributed by atoms with van der Waals surface area (Å²) in [6.45, 7) is 1.92. The van der Waals surface area contributed by atoms with Crippen LogP contribution in [0.4, 0.5) is 0 Å². The van der Waals surface area contributed by atoms with Crippen molar-refractivity contribution in [3.05, 3.63) is 35.9 Å². The van der Waals surface area contributed by atoms with Crippen LogP contribution in [0.3, 0.4) is 0 Å². The second-order valence-corrected chi connectivity index (χ2v) is 3.54. The van der Waals surface area contributed by atoms with Gasteiger partial charge in [-0.05, 0) is 30.2 Å². The first-order valence-corrected chi connectivity index (χ1v) is 5.41. The minimum Gasteiger partial charge on any atom is -0.508 e. The SMILES string of the molecule is CCOC(=O)C/C(=C\C(=O)O)c1ccc(O)cc1. The third kappa shape index (κ3) is 4.29. The number of carbonyl (C=O) groups excluding carboxylic acids is 1. The monoisotopic (exact) mass is 250 g/mol. The molecule has 0 atom stereocenters. The lowest BCUT2D eigenvalue weighted by Gasteiger charge is -2.07. The summed E-state index contributed by atoms with van der Waals surface area (Å²) in [6, 6.07) is 5.94. The van der Waals surface area contributed by atoms with Crippen LogP contribution in [0.2, 0.25) is 0 Å². The first-order chi connectivity index (χ1) is 8.52. The van der Waals surface area contributed by atoms with Gasteiger partial charge in [0.15, 0.2) is 0 Å². The normalized spacial score (nSPS) is 11.1. The van der Waals surface area contributed by atoms with Gasteiger partial charge in [-0.1, -0.05) is 12.1 Å². The van der Waals surface area contributed by atoms with Crippen molar-refractivity contribution in [3.63, 3.8) is 0 Å². The van der Waals surface area contributed by atoms with Crippen LogP contribution in [-0.4, -0.2) is 28.8 Å². The van der Waals surface area contributed by atoms with Gasteiger partial charge in [-0.2, -0.15) is 0 Å². The second-order valence-electron chi connectivity index (χ2n) is 3.54. The molecule has 0 spiro atoms. The number of esters is 1. The molecule has 0 bridgehead atoms. The van der Waals surface area contributed by atoms with Crippen molar-refractivity contribution >= 4 is 17.5 Å². The molecule has 0 aliphatic heterocycles. The van der Waals surface area contributed by atoms with Gasteiger partial charge in [0, 0.05) is 6.08 Å². The summed E-state index contributed by atoms with van der Waals surface area (Å²) < 4.78 is 4.78. The fourth-order valence-electron chi connectivity index (χ4n) is 1.43. The largest absolute Gasteiger partial charge is 0.508 e. The molecule has 0 aliphatic carbocycles. The predicted octanol–water partition coefficient (Wildman–Crippen LogP) is 1.81. The summed E-state index contributed by atoms with van der Waals surface area (Å²) in [6.07, 6.45) is 0.841. The van der Waals surface area contributed by atoms with Crippen LogP contribution in [0.25, 0.3) is 5.57 Å². The van der Waals surface area contributed by atoms with Crippen molar-refractivity contribution in [2.75, 3.05) is 6.61 Å². The lowest BCUT2D eigenvalue weighted by molar-refractivity contribution is -0.141. The summed E-state index contributed by atoms with van der Waals surface area (Å²) in [5.74, 6) is -1.55. The van der Waals surface area contributed by atoms with Crippen molar-refractivity contribution in [2.45, 2.75) is 13.3 Å². The number of phenolic OH excluding ortho intramolecular Hbond substituents is 1. The molecule has 5 nitrogen and oxygen atoms in total. The Bertz CT molecular complexity index is 459. The van der Waals surface area contributed by atoms with E-state index in [2.05, 4.69) is 0 Å². The van der Waals surface area contributed by atoms with Gasteiger partial charge < -0.3 is 14.9 Å². The summed E-state index contributed by atoms with van der Waals surface area (Å²) in [5.41, 5.74) is 0.893. The first kappa shape index (κ1) is 13.8. The zero-order valence-electron chi connectivity index (χ0n) is 9.92. The molecule has 0 heterocycles. The molecule has 0 unspecified atom stereocenters. The Balaban J connectivity index is 2.95. The number of carboxylic acids is 1. The zero-order valence-corrected chi connectivity index (χ0v) is 9.92. The third-order valence-electron chi connectivity index (χ3n) is 2.18. The highest BCUT2D eigenvalue weighted by Crippen LogP contribution is 2.21. The van der Waals surface area contributed by atoms with E-state index < -0.39 is 11.9 Å². The lowest BCUT2D eigenvalue weighted by atomic mass is 10.0. The molecule has 2 N–H and O–H groups in total. The summed E-state index contributed by atoms with van der Waals surface area (Å²) in [7, 11) is 0. The molecular formula is C13H14O5. The minimum atomic E-state index is -1.14. The van der Waals surface area contributed by atoms with E-state index in [1.54, 1.807) is 19.1 Å². The fourth-order valence-corrected chi connectivity index (χ4v) is 1.43. The van der Waals surface area contributed by atoms with E-state index in [0.717, 1.165) is 6.08 Å². The number of benzene rings is 1. The molecule has 0 saturated heterocycles. The summed E-state index contributed by atoms with van der Waals surface area (Å²) >= 11 is 0. The maximum Gasteiger partial charge on any atom is 0.328 e. The Hall–Kier alpha value is -2.30. The van der Waals surface area contributed by atoms with Crippen molar-refractivity contribution < 1.29 is 24.5 Å². The van der Waals surface area contributed by atoms with Crippen molar-refractivity contribution in [3.8, 4) is 5.75 Å². The highest BCUT2D eigenvalue weighted by Gasteiger charge is 2.11. The quantitative estimate of drug-likeness (QED) is 0.615. The molecule has 0 amide bonds. The van der Waals surface area contributed by atoms with Gasteiger partial charge in [0.25, 0.3) is 0 Å². The van der Waals surface area contributed by atoms with Crippen molar-refractivity contribution in [1.29, 1.82) is 0 Å². The van der Waals surface area contributed by atoms with Gasteiger partial charge in [0.2, 0.25) is 0 Å². The zero-order chi connectivity index (χ0) is 13.5. The molecule has 5 heteroatoms. The molecule has 0 saturated carbocycles. The van der Waals surface area contributed by atoms with E-state index in [0.29, 0.717) is 11.1 Å². The second kappa shape index (κ2) is 6.44. The highest BCUT2D eigenvalue weighted by molar-refractivity contribution is 5.95. The van der Waals surface area contributed by atoms with Crippen LogP contribution in [-0.2, 0) is 14.3 Å². The topological polar surface area (TPSA) is 83.8 Å². The van der Waals surface area contributed by atoms with E-state index >= 15 is 0 Å².